The highest BCUT2D eigenvalue weighted by molar-refractivity contribution is 6.31. The smallest absolute Gasteiger partial charge is 0.273 e. The maximum absolute atomic E-state index is 12.6. The zero-order chi connectivity index (χ0) is 26.1. The lowest BCUT2D eigenvalue weighted by Crippen LogP contribution is -2.28. The van der Waals surface area contributed by atoms with Crippen molar-refractivity contribution in [2.45, 2.75) is 40.3 Å². The van der Waals surface area contributed by atoms with E-state index in [-0.39, 0.29) is 24.2 Å². The number of rotatable bonds is 7. The summed E-state index contributed by atoms with van der Waals surface area (Å²) < 4.78 is 13.0. The molecule has 1 N–H and O–H groups in total. The van der Waals surface area contributed by atoms with Crippen LogP contribution < -0.4 is 10.1 Å². The van der Waals surface area contributed by atoms with Crippen LogP contribution >= 0.6 is 11.6 Å². The average molecular weight is 517 g/mol. The number of nitrogens with one attached hydrogen (secondary N) is 1. The second-order valence-electron chi connectivity index (χ2n) is 8.83. The largest absolute Gasteiger partial charge is 0.487 e. The molecule has 2 aromatic carbocycles. The number of halogens is 1. The molecule has 5 aromatic rings. The van der Waals surface area contributed by atoms with E-state index in [9.17, 15) is 4.79 Å². The van der Waals surface area contributed by atoms with E-state index in [4.69, 9.17) is 25.7 Å². The van der Waals surface area contributed by atoms with Crippen LogP contribution in [-0.4, -0.2) is 30.6 Å². The predicted molar refractivity (Wildman–Crippen MR) is 139 cm³/mol. The molecule has 37 heavy (non-hydrogen) atoms. The highest BCUT2D eigenvalue weighted by Gasteiger charge is 2.20. The van der Waals surface area contributed by atoms with E-state index in [2.05, 4.69) is 20.4 Å². The number of carbonyl (C=O) groups is 1. The van der Waals surface area contributed by atoms with Gasteiger partial charge < -0.3 is 14.5 Å². The number of amides is 1. The number of oxazole rings is 1. The lowest BCUT2D eigenvalue weighted by molar-refractivity contribution is 0.0934. The predicted octanol–water partition coefficient (Wildman–Crippen LogP) is 5.45. The topological polar surface area (TPSA) is 108 Å². The molecule has 0 bridgehead atoms. The van der Waals surface area contributed by atoms with E-state index >= 15 is 0 Å². The van der Waals surface area contributed by atoms with E-state index in [1.807, 2.05) is 64.1 Å². The Morgan fingerprint density at radius 2 is 2.03 bits per heavy atom. The highest BCUT2D eigenvalue weighted by atomic mass is 35.5. The number of aromatic nitrogens is 5. The molecular weight excluding hydrogens is 492 g/mol. The van der Waals surface area contributed by atoms with Crippen molar-refractivity contribution in [1.29, 1.82) is 0 Å². The summed E-state index contributed by atoms with van der Waals surface area (Å²) >= 11 is 6.68. The van der Waals surface area contributed by atoms with Gasteiger partial charge in [-0.25, -0.2) is 19.6 Å². The third-order valence-corrected chi connectivity index (χ3v) is 6.42. The lowest BCUT2D eigenvalue weighted by atomic mass is 9.99. The number of ether oxygens (including phenoxy) is 1. The Morgan fingerprint density at radius 3 is 2.76 bits per heavy atom. The molecule has 0 fully saturated rings. The summed E-state index contributed by atoms with van der Waals surface area (Å²) in [6.07, 6.45) is 4.05. The van der Waals surface area contributed by atoms with Crippen molar-refractivity contribution in [3.8, 4) is 11.4 Å². The molecular formula is C27H25ClN6O3. The van der Waals surface area contributed by atoms with Gasteiger partial charge in [0.2, 0.25) is 0 Å². The first-order valence-electron chi connectivity index (χ1n) is 11.7. The van der Waals surface area contributed by atoms with Crippen LogP contribution in [0.4, 0.5) is 0 Å². The molecule has 0 aliphatic rings. The van der Waals surface area contributed by atoms with E-state index in [1.165, 1.54) is 19.0 Å². The fourth-order valence-electron chi connectivity index (χ4n) is 4.32. The van der Waals surface area contributed by atoms with Gasteiger partial charge in [-0.15, -0.1) is 0 Å². The minimum atomic E-state index is -0.352. The minimum Gasteiger partial charge on any atom is -0.487 e. The van der Waals surface area contributed by atoms with Crippen molar-refractivity contribution in [2.24, 2.45) is 0 Å². The number of fused-ring (bicyclic) bond motifs is 1. The van der Waals surface area contributed by atoms with Crippen LogP contribution in [0, 0.1) is 20.8 Å². The van der Waals surface area contributed by atoms with Crippen molar-refractivity contribution >= 4 is 28.4 Å². The van der Waals surface area contributed by atoms with Crippen molar-refractivity contribution < 1.29 is 13.9 Å². The van der Waals surface area contributed by atoms with Gasteiger partial charge in [-0.2, -0.15) is 5.10 Å². The molecule has 0 radical (unpaired) electrons. The number of benzene rings is 2. The van der Waals surface area contributed by atoms with Gasteiger partial charge in [0, 0.05) is 21.7 Å². The molecule has 0 saturated heterocycles. The van der Waals surface area contributed by atoms with E-state index in [1.54, 1.807) is 4.68 Å². The van der Waals surface area contributed by atoms with Gasteiger partial charge in [0.1, 0.15) is 36.3 Å². The third kappa shape index (κ3) is 4.90. The number of aryl methyl sites for hydroxylation is 3. The van der Waals surface area contributed by atoms with Gasteiger partial charge in [0.25, 0.3) is 5.91 Å². The van der Waals surface area contributed by atoms with Gasteiger partial charge in [-0.05, 0) is 57.0 Å². The number of carbonyl (C=O) groups excluding carboxylic acids is 1. The number of nitrogens with zero attached hydrogens (tertiary/aromatic N) is 5. The molecule has 0 saturated carbocycles. The van der Waals surface area contributed by atoms with Crippen LogP contribution in [0.2, 0.25) is 5.02 Å². The second kappa shape index (κ2) is 10.0. The molecule has 3 aromatic heterocycles. The van der Waals surface area contributed by atoms with Crippen molar-refractivity contribution in [3.63, 3.8) is 0 Å². The first kappa shape index (κ1) is 24.5. The van der Waals surface area contributed by atoms with Crippen LogP contribution in [0.5, 0.6) is 5.75 Å². The standard InChI is InChI=1S/C27H25ClN6O3/c1-15-8-20(17(3)33-27(35)23-12-36-14-30-23)21(22(28)9-15)11-37-25-7-5-6-19-24(10-16(2)32-26(19)25)34-18(4)29-13-31-34/h5-10,12-14,17H,11H2,1-4H3,(H,33,35)/t17-/m0/s1. The third-order valence-electron chi connectivity index (χ3n) is 6.08. The summed E-state index contributed by atoms with van der Waals surface area (Å²) in [5.74, 6) is 1.05. The van der Waals surface area contributed by atoms with Crippen LogP contribution in [0.3, 0.4) is 0 Å². The SMILES string of the molecule is Cc1cc(Cl)c(COc2cccc3c(-n4ncnc4C)cc(C)nc23)c([C@H](C)NC(=O)c2cocn2)c1. The van der Waals surface area contributed by atoms with Gasteiger partial charge in [-0.1, -0.05) is 29.8 Å². The van der Waals surface area contributed by atoms with E-state index in [0.29, 0.717) is 16.3 Å². The Labute approximate surface area is 218 Å². The van der Waals surface area contributed by atoms with Crippen LogP contribution in [0.15, 0.2) is 59.8 Å². The van der Waals surface area contributed by atoms with Gasteiger partial charge in [0.05, 0.1) is 11.7 Å². The van der Waals surface area contributed by atoms with Crippen LogP contribution in [0.1, 0.15) is 51.7 Å². The first-order valence-corrected chi connectivity index (χ1v) is 12.1. The maximum atomic E-state index is 12.6. The normalized spacial score (nSPS) is 12.0. The summed E-state index contributed by atoms with van der Waals surface area (Å²) in [5.41, 5.74) is 5.22. The molecule has 0 aliphatic heterocycles. The molecule has 1 atom stereocenters. The second-order valence-corrected chi connectivity index (χ2v) is 9.23. The Hall–Kier alpha value is -4.24. The first-order chi connectivity index (χ1) is 17.8. The fourth-order valence-corrected chi connectivity index (χ4v) is 4.65. The Morgan fingerprint density at radius 1 is 1.19 bits per heavy atom. The van der Waals surface area contributed by atoms with Crippen LogP contribution in [0.25, 0.3) is 16.6 Å². The number of hydrogen-bond acceptors (Lipinski definition) is 7. The molecule has 0 aliphatic carbocycles. The quantitative estimate of drug-likeness (QED) is 0.306. The molecule has 0 unspecified atom stereocenters. The number of pyridine rings is 1. The highest BCUT2D eigenvalue weighted by Crippen LogP contribution is 2.32. The Kier molecular flexibility index (Phi) is 6.62. The molecule has 0 spiro atoms. The molecule has 10 heteroatoms. The summed E-state index contributed by atoms with van der Waals surface area (Å²) in [6.45, 7) is 7.86. The molecule has 188 valence electrons. The zero-order valence-corrected chi connectivity index (χ0v) is 21.6. The Bertz CT molecular complexity index is 1600. The van der Waals surface area contributed by atoms with Crippen molar-refractivity contribution in [3.05, 3.63) is 94.3 Å². The van der Waals surface area contributed by atoms with Crippen molar-refractivity contribution in [2.75, 3.05) is 0 Å². The Balaban J connectivity index is 1.48. The fraction of sp³-hybridized carbons (Fsp3) is 0.222. The van der Waals surface area contributed by atoms with Gasteiger partial charge in [0.15, 0.2) is 12.1 Å². The number of para-hydroxylation sites is 1. The molecule has 9 nitrogen and oxygen atoms in total. The monoisotopic (exact) mass is 516 g/mol. The molecule has 3 heterocycles. The van der Waals surface area contributed by atoms with Gasteiger partial charge >= 0.3 is 0 Å². The summed E-state index contributed by atoms with van der Waals surface area (Å²) in [5, 5.41) is 8.77. The van der Waals surface area contributed by atoms with E-state index in [0.717, 1.165) is 39.3 Å². The molecule has 5 rings (SSSR count). The van der Waals surface area contributed by atoms with Crippen molar-refractivity contribution in [1.82, 2.24) is 30.0 Å². The van der Waals surface area contributed by atoms with E-state index < -0.39 is 0 Å². The van der Waals surface area contributed by atoms with Crippen LogP contribution in [-0.2, 0) is 6.61 Å². The molecule has 1 amide bonds. The number of hydrogen-bond donors (Lipinski definition) is 1. The summed E-state index contributed by atoms with van der Waals surface area (Å²) in [7, 11) is 0. The van der Waals surface area contributed by atoms with Gasteiger partial charge in [-0.3, -0.25) is 4.79 Å². The maximum Gasteiger partial charge on any atom is 0.273 e. The summed E-state index contributed by atoms with van der Waals surface area (Å²) in [6, 6.07) is 11.3. The average Bonchev–Trinajstić information content (AvgIpc) is 3.55. The summed E-state index contributed by atoms with van der Waals surface area (Å²) in [4.78, 5) is 25.5. The zero-order valence-electron chi connectivity index (χ0n) is 20.8. The minimum absolute atomic E-state index is 0.186. The lowest BCUT2D eigenvalue weighted by Gasteiger charge is -2.20.